The zero-order chi connectivity index (χ0) is 9.00. The first-order chi connectivity index (χ1) is 4.00. The molecule has 0 saturated heterocycles. The van der Waals surface area contributed by atoms with Crippen LogP contribution in [0.25, 0.3) is 0 Å². The second-order valence-electron chi connectivity index (χ2n) is 1.66. The fourth-order valence-corrected chi connectivity index (χ4v) is 0. The number of hydrogen-bond donors (Lipinski definition) is 2. The van der Waals surface area contributed by atoms with Gasteiger partial charge in [-0.05, 0) is 0 Å². The largest absolute Gasteiger partial charge is 0.229 e. The normalized spacial score (nSPS) is 11.6. The van der Waals surface area contributed by atoms with Gasteiger partial charge in [-0.3, -0.25) is 0 Å². The summed E-state index contributed by atoms with van der Waals surface area (Å²) in [7, 11) is -6.33. The molecule has 0 aliphatic carbocycles. The Balaban J connectivity index is 0. The van der Waals surface area contributed by atoms with E-state index in [2.05, 4.69) is 10.3 Å². The van der Waals surface area contributed by atoms with Crippen molar-refractivity contribution in [3.05, 3.63) is 0 Å². The summed E-state index contributed by atoms with van der Waals surface area (Å²) in [5.41, 5.74) is 0. The van der Waals surface area contributed by atoms with Gasteiger partial charge in [0.15, 0.2) is 0 Å². The van der Waals surface area contributed by atoms with Crippen LogP contribution >= 0.6 is 0 Å². The maximum Gasteiger partial charge on any atom is 0.206 e. The van der Waals surface area contributed by atoms with Crippen molar-refractivity contribution in [3.63, 3.8) is 0 Å². The van der Waals surface area contributed by atoms with Crippen molar-refractivity contribution in [1.29, 1.82) is 0 Å². The van der Waals surface area contributed by atoms with E-state index in [4.69, 9.17) is 0 Å². The third-order valence-corrected chi connectivity index (χ3v) is 0. The Kier molecular flexibility index (Phi) is 4.82. The number of primary sulfonamides is 2. The molecule has 64 valence electrons. The minimum absolute atomic E-state index is 0.938. The van der Waals surface area contributed by atoms with Crippen LogP contribution in [0.5, 0.6) is 0 Å². The summed E-state index contributed by atoms with van der Waals surface area (Å²) in [6.45, 7) is 0. The van der Waals surface area contributed by atoms with Gasteiger partial charge in [-0.15, -0.1) is 0 Å². The van der Waals surface area contributed by atoms with Crippen LogP contribution in [-0.4, -0.2) is 29.3 Å². The molecule has 0 radical (unpaired) electrons. The van der Waals surface area contributed by atoms with Crippen molar-refractivity contribution in [1.82, 2.24) is 0 Å². The molecule has 8 heteroatoms. The lowest BCUT2D eigenvalue weighted by Crippen LogP contribution is -2.07. The van der Waals surface area contributed by atoms with Crippen molar-refractivity contribution in [2.75, 3.05) is 12.5 Å². The SMILES string of the molecule is CS(N)(=O)=O.CS(N)(=O)=O. The molecule has 0 saturated carbocycles. The Morgan fingerprint density at radius 1 is 0.800 bits per heavy atom. The van der Waals surface area contributed by atoms with E-state index >= 15 is 0 Å². The predicted octanol–water partition coefficient (Wildman–Crippen LogP) is -2.19. The van der Waals surface area contributed by atoms with Gasteiger partial charge < -0.3 is 0 Å². The Morgan fingerprint density at radius 2 is 0.800 bits per heavy atom. The molecule has 0 rings (SSSR count). The summed E-state index contributed by atoms with van der Waals surface area (Å²) in [6, 6.07) is 0. The molecular formula is C2H10N2O4S2. The zero-order valence-electron chi connectivity index (χ0n) is 5.60. The van der Waals surface area contributed by atoms with E-state index < -0.39 is 20.0 Å². The lowest BCUT2D eigenvalue weighted by molar-refractivity contribution is 0.601. The number of rotatable bonds is 0. The van der Waals surface area contributed by atoms with E-state index in [1.165, 1.54) is 0 Å². The topological polar surface area (TPSA) is 120 Å². The Bertz CT molecular complexity index is 216. The fourth-order valence-electron chi connectivity index (χ4n) is 0. The maximum absolute atomic E-state index is 9.41. The molecule has 0 aromatic carbocycles. The Labute approximate surface area is 60.3 Å². The highest BCUT2D eigenvalue weighted by molar-refractivity contribution is 7.88. The van der Waals surface area contributed by atoms with E-state index in [0.29, 0.717) is 0 Å². The van der Waals surface area contributed by atoms with Gasteiger partial charge in [-0.25, -0.2) is 27.1 Å². The summed E-state index contributed by atoms with van der Waals surface area (Å²) in [6.07, 6.45) is 1.88. The molecule has 0 amide bonds. The van der Waals surface area contributed by atoms with Gasteiger partial charge >= 0.3 is 0 Å². The smallest absolute Gasteiger partial charge is 0.206 e. The van der Waals surface area contributed by atoms with Gasteiger partial charge in [0.2, 0.25) is 20.0 Å². The Hall–Kier alpha value is -0.180. The van der Waals surface area contributed by atoms with Crippen molar-refractivity contribution >= 4 is 20.0 Å². The van der Waals surface area contributed by atoms with Crippen LogP contribution in [0.1, 0.15) is 0 Å². The second-order valence-corrected chi connectivity index (χ2v) is 4.98. The van der Waals surface area contributed by atoms with Crippen molar-refractivity contribution < 1.29 is 16.8 Å². The van der Waals surface area contributed by atoms with E-state index in [1.54, 1.807) is 0 Å². The summed E-state index contributed by atoms with van der Waals surface area (Å²) in [4.78, 5) is 0. The van der Waals surface area contributed by atoms with Gasteiger partial charge in [-0.1, -0.05) is 0 Å². The van der Waals surface area contributed by atoms with Crippen molar-refractivity contribution in [2.45, 2.75) is 0 Å². The van der Waals surface area contributed by atoms with Crippen LogP contribution in [0.2, 0.25) is 0 Å². The summed E-state index contributed by atoms with van der Waals surface area (Å²) in [5.74, 6) is 0. The molecule has 0 aliphatic heterocycles. The summed E-state index contributed by atoms with van der Waals surface area (Å²) in [5, 5.41) is 8.65. The number of hydrogen-bond acceptors (Lipinski definition) is 4. The van der Waals surface area contributed by atoms with Crippen LogP contribution in [0.3, 0.4) is 0 Å². The van der Waals surface area contributed by atoms with Gasteiger partial charge in [0.25, 0.3) is 0 Å². The van der Waals surface area contributed by atoms with Crippen LogP contribution in [0.4, 0.5) is 0 Å². The molecule has 0 spiro atoms. The molecule has 0 unspecified atom stereocenters. The average Bonchev–Trinajstić information content (AvgIpc) is 1.12. The fraction of sp³-hybridized carbons (Fsp3) is 1.00. The lowest BCUT2D eigenvalue weighted by atomic mass is 12.0. The van der Waals surface area contributed by atoms with E-state index in [1.807, 2.05) is 0 Å². The third-order valence-electron chi connectivity index (χ3n) is 0. The molecule has 0 bridgehead atoms. The average molecular weight is 190 g/mol. The van der Waals surface area contributed by atoms with Crippen molar-refractivity contribution in [2.24, 2.45) is 10.3 Å². The quantitative estimate of drug-likeness (QED) is 0.450. The van der Waals surface area contributed by atoms with E-state index in [0.717, 1.165) is 12.5 Å². The summed E-state index contributed by atoms with van der Waals surface area (Å²) >= 11 is 0. The van der Waals surface area contributed by atoms with Gasteiger partial charge in [0.1, 0.15) is 0 Å². The summed E-state index contributed by atoms with van der Waals surface area (Å²) < 4.78 is 37.6. The lowest BCUT2D eigenvalue weighted by Gasteiger charge is -1.71. The minimum atomic E-state index is -3.17. The molecule has 0 heterocycles. The first-order valence-electron chi connectivity index (χ1n) is 1.95. The molecule has 10 heavy (non-hydrogen) atoms. The van der Waals surface area contributed by atoms with Crippen LogP contribution in [0.15, 0.2) is 0 Å². The standard InChI is InChI=1S/2CH5NO2S/c2*1-5(2,3)4/h2*1H3,(H2,2,3,4). The first-order valence-corrected chi connectivity index (χ1v) is 5.86. The van der Waals surface area contributed by atoms with Crippen LogP contribution in [0, 0.1) is 0 Å². The minimum Gasteiger partial charge on any atom is -0.229 e. The molecule has 0 aromatic rings. The van der Waals surface area contributed by atoms with Gasteiger partial charge in [0.05, 0.1) is 12.5 Å². The zero-order valence-corrected chi connectivity index (χ0v) is 7.24. The van der Waals surface area contributed by atoms with E-state index in [-0.39, 0.29) is 0 Å². The predicted molar refractivity (Wildman–Crippen MR) is 38.1 cm³/mol. The monoisotopic (exact) mass is 190 g/mol. The molecule has 6 nitrogen and oxygen atoms in total. The third kappa shape index (κ3) is 11200. The second kappa shape index (κ2) is 3.86. The van der Waals surface area contributed by atoms with Gasteiger partial charge in [0, 0.05) is 0 Å². The van der Waals surface area contributed by atoms with Gasteiger partial charge in [-0.2, -0.15) is 0 Å². The molecule has 0 aromatic heterocycles. The van der Waals surface area contributed by atoms with Crippen LogP contribution in [-0.2, 0) is 20.0 Å². The maximum atomic E-state index is 9.41. The molecule has 0 aliphatic rings. The molecule has 4 N–H and O–H groups in total. The first kappa shape index (κ1) is 12.5. The highest BCUT2D eigenvalue weighted by Crippen LogP contribution is 1.52. The molecule has 0 atom stereocenters. The molecular weight excluding hydrogens is 180 g/mol. The number of nitrogens with two attached hydrogens (primary N) is 2. The highest BCUT2D eigenvalue weighted by Gasteiger charge is 1.79. The Morgan fingerprint density at radius 3 is 0.800 bits per heavy atom. The van der Waals surface area contributed by atoms with E-state index in [9.17, 15) is 16.8 Å². The van der Waals surface area contributed by atoms with Crippen molar-refractivity contribution in [3.8, 4) is 0 Å². The number of sulfonamides is 2. The molecule has 0 fully saturated rings. The van der Waals surface area contributed by atoms with Crippen LogP contribution < -0.4 is 10.3 Å². The highest BCUT2D eigenvalue weighted by atomic mass is 32.2.